The van der Waals surface area contributed by atoms with E-state index in [-0.39, 0.29) is 0 Å². The van der Waals surface area contributed by atoms with Gasteiger partial charge in [0.2, 0.25) is 0 Å². The lowest BCUT2D eigenvalue weighted by atomic mass is 10.2. The van der Waals surface area contributed by atoms with Gasteiger partial charge in [-0.3, -0.25) is 4.57 Å². The molecule has 0 aliphatic rings. The molecule has 0 aliphatic heterocycles. The lowest BCUT2D eigenvalue weighted by Gasteiger charge is -2.17. The minimum Gasteiger partial charge on any atom is -0.320 e. The zero-order chi connectivity index (χ0) is 11.0. The molecule has 3 nitrogen and oxygen atoms in total. The fourth-order valence-electron chi connectivity index (χ4n) is 0.844. The minimum absolute atomic E-state index is 0.336. The molecule has 14 heavy (non-hydrogen) atoms. The molecular weight excluding hydrogens is 281 g/mol. The van der Waals surface area contributed by atoms with E-state index in [1.807, 2.05) is 0 Å². The Morgan fingerprint density at radius 1 is 1.36 bits per heavy atom. The van der Waals surface area contributed by atoms with Crippen molar-refractivity contribution in [2.45, 2.75) is 5.66 Å². The molecule has 7 heteroatoms. The van der Waals surface area contributed by atoms with Crippen LogP contribution in [0.2, 0.25) is 0 Å². The van der Waals surface area contributed by atoms with Crippen LogP contribution < -0.4 is 0 Å². The summed E-state index contributed by atoms with van der Waals surface area (Å²) in [5.41, 5.74) is -4.85. The first-order valence-electron chi connectivity index (χ1n) is 3.44. The Bertz CT molecular complexity index is 390. The van der Waals surface area contributed by atoms with Crippen LogP contribution in [0.4, 0.5) is 8.78 Å². The molecule has 1 aromatic rings. The van der Waals surface area contributed by atoms with Crippen LogP contribution in [0.15, 0.2) is 28.7 Å². The molecule has 0 saturated carbocycles. The summed E-state index contributed by atoms with van der Waals surface area (Å²) in [6.07, 6.45) is 0. The summed E-state index contributed by atoms with van der Waals surface area (Å²) in [7, 11) is -5.46. The first-order valence-corrected chi connectivity index (χ1v) is 5.85. The molecular formula is C7H6BrF2O3P. The van der Waals surface area contributed by atoms with Crippen molar-refractivity contribution in [2.24, 2.45) is 0 Å². The Labute approximate surface area is 87.0 Å². The van der Waals surface area contributed by atoms with E-state index in [0.29, 0.717) is 4.47 Å². The van der Waals surface area contributed by atoms with Crippen molar-refractivity contribution >= 4 is 23.5 Å². The van der Waals surface area contributed by atoms with Crippen molar-refractivity contribution < 1.29 is 23.1 Å². The van der Waals surface area contributed by atoms with Crippen molar-refractivity contribution in [1.82, 2.24) is 0 Å². The Morgan fingerprint density at radius 2 is 1.93 bits per heavy atom. The van der Waals surface area contributed by atoms with Crippen LogP contribution in [-0.2, 0) is 10.2 Å². The molecule has 0 heterocycles. The predicted molar refractivity (Wildman–Crippen MR) is 50.1 cm³/mol. The zero-order valence-corrected chi connectivity index (χ0v) is 9.17. The van der Waals surface area contributed by atoms with E-state index in [9.17, 15) is 13.3 Å². The number of benzene rings is 1. The Morgan fingerprint density at radius 3 is 2.36 bits per heavy atom. The fraction of sp³-hybridized carbons (Fsp3) is 0.143. The van der Waals surface area contributed by atoms with Crippen LogP contribution in [0.1, 0.15) is 5.56 Å². The van der Waals surface area contributed by atoms with Gasteiger partial charge in [0, 0.05) is 10.0 Å². The van der Waals surface area contributed by atoms with E-state index in [0.717, 1.165) is 12.1 Å². The summed E-state index contributed by atoms with van der Waals surface area (Å²) in [5.74, 6) is 0. The van der Waals surface area contributed by atoms with Gasteiger partial charge < -0.3 is 9.79 Å². The molecule has 0 amide bonds. The van der Waals surface area contributed by atoms with Gasteiger partial charge >= 0.3 is 13.3 Å². The van der Waals surface area contributed by atoms with Gasteiger partial charge in [0.25, 0.3) is 0 Å². The second-order valence-electron chi connectivity index (χ2n) is 2.60. The van der Waals surface area contributed by atoms with Crippen LogP contribution in [-0.4, -0.2) is 9.79 Å². The lowest BCUT2D eigenvalue weighted by Crippen LogP contribution is -2.13. The third-order valence-electron chi connectivity index (χ3n) is 1.54. The second kappa shape index (κ2) is 3.70. The van der Waals surface area contributed by atoms with Crippen molar-refractivity contribution in [2.75, 3.05) is 0 Å². The topological polar surface area (TPSA) is 57.5 Å². The number of alkyl halides is 2. The van der Waals surface area contributed by atoms with E-state index in [1.165, 1.54) is 12.1 Å². The Balaban J connectivity index is 3.23. The molecule has 0 unspecified atom stereocenters. The average Bonchev–Trinajstić information content (AvgIpc) is 2.02. The SMILES string of the molecule is O=P(O)(O)C(F)(F)c1cccc(Br)c1. The highest BCUT2D eigenvalue weighted by Crippen LogP contribution is 2.59. The summed E-state index contributed by atoms with van der Waals surface area (Å²) in [5, 5.41) is 0. The van der Waals surface area contributed by atoms with E-state index in [1.54, 1.807) is 0 Å². The van der Waals surface area contributed by atoms with Gasteiger partial charge in [0.15, 0.2) is 0 Å². The molecule has 0 atom stereocenters. The maximum Gasteiger partial charge on any atom is 0.399 e. The molecule has 0 spiro atoms. The number of rotatable bonds is 2. The number of hydrogen-bond acceptors (Lipinski definition) is 1. The minimum atomic E-state index is -5.46. The lowest BCUT2D eigenvalue weighted by molar-refractivity contribution is 0.0564. The Kier molecular flexibility index (Phi) is 3.11. The summed E-state index contributed by atoms with van der Waals surface area (Å²) < 4.78 is 36.9. The second-order valence-corrected chi connectivity index (χ2v) is 5.16. The van der Waals surface area contributed by atoms with Crippen molar-refractivity contribution in [1.29, 1.82) is 0 Å². The first kappa shape index (κ1) is 11.8. The standard InChI is InChI=1S/C7H6BrF2O3P/c8-6-3-1-2-5(4-6)7(9,10)14(11,12)13/h1-4H,(H2,11,12,13). The smallest absolute Gasteiger partial charge is 0.320 e. The van der Waals surface area contributed by atoms with Crippen molar-refractivity contribution in [3.63, 3.8) is 0 Å². The quantitative estimate of drug-likeness (QED) is 0.822. The third-order valence-corrected chi connectivity index (χ3v) is 3.02. The Hall–Kier alpha value is -0.290. The van der Waals surface area contributed by atoms with Crippen molar-refractivity contribution in [3.8, 4) is 0 Å². The molecule has 1 rings (SSSR count). The van der Waals surface area contributed by atoms with Crippen LogP contribution >= 0.6 is 23.5 Å². The predicted octanol–water partition coefficient (Wildman–Crippen LogP) is 2.68. The molecule has 0 aliphatic carbocycles. The maximum atomic E-state index is 13.1. The van der Waals surface area contributed by atoms with Crippen LogP contribution in [0.5, 0.6) is 0 Å². The molecule has 0 saturated heterocycles. The van der Waals surface area contributed by atoms with Crippen molar-refractivity contribution in [3.05, 3.63) is 34.3 Å². The van der Waals surface area contributed by atoms with E-state index < -0.39 is 18.8 Å². The highest BCUT2D eigenvalue weighted by atomic mass is 79.9. The third kappa shape index (κ3) is 2.20. The van der Waals surface area contributed by atoms with E-state index >= 15 is 0 Å². The molecule has 0 aromatic heterocycles. The summed E-state index contributed by atoms with van der Waals surface area (Å²) in [6.45, 7) is 0. The van der Waals surface area contributed by atoms with Gasteiger partial charge in [-0.15, -0.1) is 0 Å². The summed E-state index contributed by atoms with van der Waals surface area (Å²) >= 11 is 2.94. The van der Waals surface area contributed by atoms with E-state index in [4.69, 9.17) is 9.79 Å². The van der Waals surface area contributed by atoms with E-state index in [2.05, 4.69) is 15.9 Å². The molecule has 0 radical (unpaired) electrons. The maximum absolute atomic E-state index is 13.1. The normalized spacial score (nSPS) is 12.9. The van der Waals surface area contributed by atoms with Gasteiger partial charge in [-0.2, -0.15) is 8.78 Å². The number of halogens is 3. The van der Waals surface area contributed by atoms with Crippen LogP contribution in [0.3, 0.4) is 0 Å². The molecule has 2 N–H and O–H groups in total. The first-order chi connectivity index (χ1) is 6.25. The van der Waals surface area contributed by atoms with Gasteiger partial charge in [-0.05, 0) is 12.1 Å². The molecule has 0 bridgehead atoms. The largest absolute Gasteiger partial charge is 0.399 e. The van der Waals surface area contributed by atoms with Crippen LogP contribution in [0.25, 0.3) is 0 Å². The molecule has 78 valence electrons. The number of hydrogen-bond donors (Lipinski definition) is 2. The average molecular weight is 287 g/mol. The monoisotopic (exact) mass is 286 g/mol. The zero-order valence-electron chi connectivity index (χ0n) is 6.69. The van der Waals surface area contributed by atoms with Gasteiger partial charge in [0.1, 0.15) is 0 Å². The molecule has 0 fully saturated rings. The van der Waals surface area contributed by atoms with Gasteiger partial charge in [0.05, 0.1) is 0 Å². The fourth-order valence-corrected chi connectivity index (χ4v) is 1.72. The van der Waals surface area contributed by atoms with Crippen LogP contribution in [0, 0.1) is 0 Å². The van der Waals surface area contributed by atoms with Gasteiger partial charge in [-0.25, -0.2) is 0 Å². The summed E-state index contributed by atoms with van der Waals surface area (Å²) in [6, 6.07) is 4.70. The molecule has 1 aromatic carbocycles. The highest BCUT2D eigenvalue weighted by molar-refractivity contribution is 9.10. The highest BCUT2D eigenvalue weighted by Gasteiger charge is 2.50. The van der Waals surface area contributed by atoms with Gasteiger partial charge in [-0.1, -0.05) is 28.1 Å². The summed E-state index contributed by atoms with van der Waals surface area (Å²) in [4.78, 5) is 16.9.